The Kier molecular flexibility index (Phi) is 4.45. The van der Waals surface area contributed by atoms with Crippen LogP contribution in [0.2, 0.25) is 0 Å². The van der Waals surface area contributed by atoms with Gasteiger partial charge in [-0.25, -0.2) is 4.39 Å². The van der Waals surface area contributed by atoms with Crippen molar-refractivity contribution < 1.29 is 14.3 Å². The van der Waals surface area contributed by atoms with E-state index in [1.54, 1.807) is 25.3 Å². The first-order valence-corrected chi connectivity index (χ1v) is 7.43. The summed E-state index contributed by atoms with van der Waals surface area (Å²) in [5.41, 5.74) is 1.80. The predicted molar refractivity (Wildman–Crippen MR) is 79.7 cm³/mol. The van der Waals surface area contributed by atoms with E-state index >= 15 is 0 Å². The lowest BCUT2D eigenvalue weighted by molar-refractivity contribution is -0.138. The summed E-state index contributed by atoms with van der Waals surface area (Å²) in [6.45, 7) is 1.57. The second kappa shape index (κ2) is 6.09. The fourth-order valence-electron chi connectivity index (χ4n) is 2.09. The Bertz CT molecular complexity index is 626. The van der Waals surface area contributed by atoms with Crippen LogP contribution in [0.3, 0.4) is 0 Å². The maximum Gasteiger partial charge on any atom is 0.310 e. The standard InChI is InChI=1S/C16H15FO2S/c1-10(16(18)19)12-8-9-13(14(17)15(12)20-2)11-6-4-3-5-7-11/h3-10H,1-2H3,(H,18,19). The van der Waals surface area contributed by atoms with Crippen molar-refractivity contribution in [3.8, 4) is 11.1 Å². The van der Waals surface area contributed by atoms with Gasteiger partial charge in [0.1, 0.15) is 5.82 Å². The van der Waals surface area contributed by atoms with Crippen molar-refractivity contribution in [1.82, 2.24) is 0 Å². The SMILES string of the molecule is CSc1c(C(C)C(=O)O)ccc(-c2ccccc2)c1F. The van der Waals surface area contributed by atoms with Gasteiger partial charge < -0.3 is 5.11 Å². The molecule has 2 nitrogen and oxygen atoms in total. The molecular formula is C16H15FO2S. The van der Waals surface area contributed by atoms with Crippen molar-refractivity contribution in [3.05, 3.63) is 53.8 Å². The van der Waals surface area contributed by atoms with Gasteiger partial charge in [0.2, 0.25) is 0 Å². The maximum atomic E-state index is 14.6. The molecule has 0 saturated carbocycles. The van der Waals surface area contributed by atoms with Gasteiger partial charge in [-0.1, -0.05) is 42.5 Å². The first-order chi connectivity index (χ1) is 9.56. The molecule has 2 aromatic carbocycles. The Hall–Kier alpha value is -1.81. The minimum absolute atomic E-state index is 0.352. The number of carbonyl (C=O) groups is 1. The van der Waals surface area contributed by atoms with Gasteiger partial charge in [-0.05, 0) is 24.3 Å². The molecule has 0 amide bonds. The zero-order valence-electron chi connectivity index (χ0n) is 11.3. The molecule has 0 spiro atoms. The molecule has 0 aliphatic rings. The minimum Gasteiger partial charge on any atom is -0.481 e. The van der Waals surface area contributed by atoms with Crippen LogP contribution in [0, 0.1) is 5.82 Å². The van der Waals surface area contributed by atoms with Crippen LogP contribution in [0.15, 0.2) is 47.4 Å². The minimum atomic E-state index is -0.952. The van der Waals surface area contributed by atoms with E-state index in [1.807, 2.05) is 30.3 Å². The lowest BCUT2D eigenvalue weighted by atomic mass is 9.97. The third-order valence-electron chi connectivity index (χ3n) is 3.25. The van der Waals surface area contributed by atoms with Crippen molar-refractivity contribution >= 4 is 17.7 Å². The summed E-state index contributed by atoms with van der Waals surface area (Å²) < 4.78 is 14.6. The van der Waals surface area contributed by atoms with Crippen LogP contribution in [0.5, 0.6) is 0 Å². The highest BCUT2D eigenvalue weighted by Crippen LogP contribution is 2.35. The third-order valence-corrected chi connectivity index (χ3v) is 4.08. The molecule has 2 aromatic rings. The van der Waals surface area contributed by atoms with Crippen LogP contribution in [-0.4, -0.2) is 17.3 Å². The van der Waals surface area contributed by atoms with Crippen LogP contribution in [0.4, 0.5) is 4.39 Å². The van der Waals surface area contributed by atoms with Crippen molar-refractivity contribution in [2.24, 2.45) is 0 Å². The first-order valence-electron chi connectivity index (χ1n) is 6.21. The van der Waals surface area contributed by atoms with Gasteiger partial charge in [0.05, 0.1) is 5.92 Å². The number of rotatable bonds is 4. The third kappa shape index (κ3) is 2.70. The average molecular weight is 290 g/mol. The van der Waals surface area contributed by atoms with Crippen molar-refractivity contribution in [3.63, 3.8) is 0 Å². The van der Waals surface area contributed by atoms with E-state index in [2.05, 4.69) is 0 Å². The highest BCUT2D eigenvalue weighted by Gasteiger charge is 2.21. The summed E-state index contributed by atoms with van der Waals surface area (Å²) in [5.74, 6) is -2.03. The van der Waals surface area contributed by atoms with E-state index in [1.165, 1.54) is 11.8 Å². The normalized spacial score (nSPS) is 12.2. The summed E-state index contributed by atoms with van der Waals surface area (Å²) in [6.07, 6.45) is 1.76. The highest BCUT2D eigenvalue weighted by molar-refractivity contribution is 7.98. The second-order valence-electron chi connectivity index (χ2n) is 4.48. The number of carboxylic acid groups (broad SMARTS) is 1. The van der Waals surface area contributed by atoms with E-state index in [4.69, 9.17) is 5.11 Å². The lowest BCUT2D eigenvalue weighted by Gasteiger charge is -2.15. The molecule has 2 rings (SSSR count). The van der Waals surface area contributed by atoms with Crippen LogP contribution in [-0.2, 0) is 4.79 Å². The van der Waals surface area contributed by atoms with E-state index in [0.29, 0.717) is 16.0 Å². The largest absolute Gasteiger partial charge is 0.481 e. The predicted octanol–water partition coefficient (Wildman–Crippen LogP) is 4.40. The Morgan fingerprint density at radius 2 is 1.85 bits per heavy atom. The molecule has 0 aliphatic carbocycles. The molecule has 1 atom stereocenters. The Balaban J connectivity index is 2.57. The quantitative estimate of drug-likeness (QED) is 0.848. The highest BCUT2D eigenvalue weighted by atomic mass is 32.2. The van der Waals surface area contributed by atoms with Crippen molar-refractivity contribution in [2.75, 3.05) is 6.26 Å². The number of benzene rings is 2. The summed E-state index contributed by atoms with van der Waals surface area (Å²) >= 11 is 1.24. The molecular weight excluding hydrogens is 275 g/mol. The van der Waals surface area contributed by atoms with Gasteiger partial charge in [-0.2, -0.15) is 0 Å². The molecule has 0 aromatic heterocycles. The molecule has 0 radical (unpaired) electrons. The van der Waals surface area contributed by atoms with Gasteiger partial charge in [0.25, 0.3) is 0 Å². The number of halogens is 1. The molecule has 0 heterocycles. The molecule has 0 saturated heterocycles. The second-order valence-corrected chi connectivity index (χ2v) is 5.29. The van der Waals surface area contributed by atoms with E-state index in [0.717, 1.165) is 5.56 Å². The lowest BCUT2D eigenvalue weighted by Crippen LogP contribution is -2.09. The molecule has 20 heavy (non-hydrogen) atoms. The van der Waals surface area contributed by atoms with E-state index < -0.39 is 11.9 Å². The summed E-state index contributed by atoms with van der Waals surface area (Å²) in [7, 11) is 0. The Morgan fingerprint density at radius 3 is 2.40 bits per heavy atom. The number of thioether (sulfide) groups is 1. The van der Waals surface area contributed by atoms with Gasteiger partial charge in [0, 0.05) is 10.5 Å². The van der Waals surface area contributed by atoms with Crippen molar-refractivity contribution in [2.45, 2.75) is 17.7 Å². The zero-order valence-corrected chi connectivity index (χ0v) is 12.1. The number of hydrogen-bond donors (Lipinski definition) is 1. The molecule has 0 fully saturated rings. The number of carboxylic acids is 1. The first kappa shape index (κ1) is 14.6. The van der Waals surface area contributed by atoms with Crippen LogP contribution in [0.25, 0.3) is 11.1 Å². The monoisotopic (exact) mass is 290 g/mol. The smallest absolute Gasteiger partial charge is 0.310 e. The molecule has 0 bridgehead atoms. The molecule has 1 N–H and O–H groups in total. The topological polar surface area (TPSA) is 37.3 Å². The zero-order chi connectivity index (χ0) is 14.7. The fourth-order valence-corrected chi connectivity index (χ4v) is 2.86. The fraction of sp³-hybridized carbons (Fsp3) is 0.188. The van der Waals surface area contributed by atoms with Gasteiger partial charge in [0.15, 0.2) is 0 Å². The van der Waals surface area contributed by atoms with Crippen LogP contribution < -0.4 is 0 Å². The maximum absolute atomic E-state index is 14.6. The molecule has 4 heteroatoms. The van der Waals surface area contributed by atoms with Gasteiger partial charge in [-0.3, -0.25) is 4.79 Å². The summed E-state index contributed by atoms with van der Waals surface area (Å²) in [6, 6.07) is 12.6. The summed E-state index contributed by atoms with van der Waals surface area (Å²) in [4.78, 5) is 11.5. The van der Waals surface area contributed by atoms with Crippen LogP contribution in [0.1, 0.15) is 18.4 Å². The summed E-state index contributed by atoms with van der Waals surface area (Å²) in [5, 5.41) is 9.10. The average Bonchev–Trinajstić information content (AvgIpc) is 2.46. The molecule has 1 unspecified atom stereocenters. The Labute approximate surface area is 121 Å². The van der Waals surface area contributed by atoms with Gasteiger partial charge in [-0.15, -0.1) is 11.8 Å². The van der Waals surface area contributed by atoms with Crippen molar-refractivity contribution in [1.29, 1.82) is 0 Å². The number of hydrogen-bond acceptors (Lipinski definition) is 2. The van der Waals surface area contributed by atoms with E-state index in [9.17, 15) is 9.18 Å². The Morgan fingerprint density at radius 1 is 1.20 bits per heavy atom. The van der Waals surface area contributed by atoms with Gasteiger partial charge >= 0.3 is 5.97 Å². The van der Waals surface area contributed by atoms with E-state index in [-0.39, 0.29) is 5.82 Å². The molecule has 104 valence electrons. The van der Waals surface area contributed by atoms with Crippen LogP contribution >= 0.6 is 11.8 Å². The number of aliphatic carboxylic acids is 1. The molecule has 0 aliphatic heterocycles.